The summed E-state index contributed by atoms with van der Waals surface area (Å²) >= 11 is 0. The fraction of sp³-hybridized carbons (Fsp3) is 0.100. The van der Waals surface area contributed by atoms with E-state index in [1.807, 2.05) is 19.1 Å². The Morgan fingerprint density at radius 1 is 0.909 bits per heavy atom. The largest absolute Gasteiger partial charge is 0.403 e. The standard InChI is InChI=1S/C20H22N2/c1-3-6-15(4-2)16-9-11-17(12-10-16)18-7-5-8-19(13-18)20(22)14-21/h3-14H,21-22H2,1-2H3/b6-3-,15-4+,20-14-. The van der Waals surface area contributed by atoms with Crippen LogP contribution in [-0.4, -0.2) is 0 Å². The summed E-state index contributed by atoms with van der Waals surface area (Å²) in [5, 5.41) is 0. The molecule has 112 valence electrons. The van der Waals surface area contributed by atoms with E-state index in [4.69, 9.17) is 11.5 Å². The second kappa shape index (κ2) is 7.32. The Balaban J connectivity index is 2.35. The lowest BCUT2D eigenvalue weighted by molar-refractivity contribution is 1.46. The first kappa shape index (κ1) is 15.6. The molecule has 4 N–H and O–H groups in total. The molecule has 0 spiro atoms. The summed E-state index contributed by atoms with van der Waals surface area (Å²) < 4.78 is 0. The number of hydrogen-bond acceptors (Lipinski definition) is 2. The predicted molar refractivity (Wildman–Crippen MR) is 96.7 cm³/mol. The van der Waals surface area contributed by atoms with E-state index in [0.717, 1.165) is 16.7 Å². The highest BCUT2D eigenvalue weighted by molar-refractivity contribution is 5.77. The van der Waals surface area contributed by atoms with Gasteiger partial charge in [-0.25, -0.2) is 0 Å². The minimum absolute atomic E-state index is 0.586. The molecule has 0 unspecified atom stereocenters. The lowest BCUT2D eigenvalue weighted by atomic mass is 9.98. The van der Waals surface area contributed by atoms with Crippen molar-refractivity contribution in [2.24, 2.45) is 11.5 Å². The van der Waals surface area contributed by atoms with E-state index in [1.54, 1.807) is 0 Å². The van der Waals surface area contributed by atoms with Crippen molar-refractivity contribution in [2.75, 3.05) is 0 Å². The molecule has 0 aliphatic heterocycles. The van der Waals surface area contributed by atoms with Gasteiger partial charge in [0.1, 0.15) is 0 Å². The van der Waals surface area contributed by atoms with E-state index in [2.05, 4.69) is 61.5 Å². The zero-order chi connectivity index (χ0) is 15.9. The van der Waals surface area contributed by atoms with Crippen molar-refractivity contribution in [2.45, 2.75) is 13.8 Å². The molecule has 22 heavy (non-hydrogen) atoms. The van der Waals surface area contributed by atoms with E-state index in [-0.39, 0.29) is 0 Å². The Labute approximate surface area is 132 Å². The molecule has 0 atom stereocenters. The maximum atomic E-state index is 5.88. The van der Waals surface area contributed by atoms with Gasteiger partial charge in [0.25, 0.3) is 0 Å². The van der Waals surface area contributed by atoms with E-state index in [1.165, 1.54) is 17.3 Å². The normalized spacial score (nSPS) is 12.8. The lowest BCUT2D eigenvalue weighted by Crippen LogP contribution is -1.99. The summed E-state index contributed by atoms with van der Waals surface area (Å²) in [6, 6.07) is 16.6. The van der Waals surface area contributed by atoms with Gasteiger partial charge in [-0.2, -0.15) is 0 Å². The van der Waals surface area contributed by atoms with Gasteiger partial charge < -0.3 is 11.5 Å². The van der Waals surface area contributed by atoms with Crippen LogP contribution in [0.4, 0.5) is 0 Å². The van der Waals surface area contributed by atoms with Crippen LogP contribution in [0.5, 0.6) is 0 Å². The molecule has 2 rings (SSSR count). The van der Waals surface area contributed by atoms with Gasteiger partial charge in [-0.05, 0) is 47.7 Å². The van der Waals surface area contributed by atoms with E-state index < -0.39 is 0 Å². The summed E-state index contributed by atoms with van der Waals surface area (Å²) in [5.74, 6) is 0. The number of benzene rings is 2. The first-order valence-electron chi connectivity index (χ1n) is 7.37. The minimum Gasteiger partial charge on any atom is -0.403 e. The van der Waals surface area contributed by atoms with Gasteiger partial charge in [0.2, 0.25) is 0 Å². The van der Waals surface area contributed by atoms with Crippen LogP contribution in [-0.2, 0) is 0 Å². The third-order valence-electron chi connectivity index (χ3n) is 3.58. The van der Waals surface area contributed by atoms with Crippen molar-refractivity contribution in [3.05, 3.63) is 84.1 Å². The second-order valence-electron chi connectivity index (χ2n) is 5.02. The van der Waals surface area contributed by atoms with Gasteiger partial charge in [0.15, 0.2) is 0 Å². The third kappa shape index (κ3) is 3.47. The van der Waals surface area contributed by atoms with E-state index >= 15 is 0 Å². The molecule has 0 fully saturated rings. The van der Waals surface area contributed by atoms with Crippen LogP contribution >= 0.6 is 0 Å². The highest BCUT2D eigenvalue weighted by Gasteiger charge is 2.02. The molecule has 0 bridgehead atoms. The minimum atomic E-state index is 0.586. The van der Waals surface area contributed by atoms with Crippen molar-refractivity contribution in [1.82, 2.24) is 0 Å². The highest BCUT2D eigenvalue weighted by atomic mass is 14.6. The Hall–Kier alpha value is -2.74. The Kier molecular flexibility index (Phi) is 5.21. The Morgan fingerprint density at radius 2 is 1.64 bits per heavy atom. The summed E-state index contributed by atoms with van der Waals surface area (Å²) in [4.78, 5) is 0. The van der Waals surface area contributed by atoms with Crippen LogP contribution in [0.1, 0.15) is 25.0 Å². The number of allylic oxidation sites excluding steroid dienone is 4. The van der Waals surface area contributed by atoms with Crippen molar-refractivity contribution in [3.8, 4) is 11.1 Å². The highest BCUT2D eigenvalue weighted by Crippen LogP contribution is 2.25. The van der Waals surface area contributed by atoms with Gasteiger partial charge in [-0.15, -0.1) is 0 Å². The number of hydrogen-bond donors (Lipinski definition) is 2. The zero-order valence-corrected chi connectivity index (χ0v) is 13.1. The molecule has 2 nitrogen and oxygen atoms in total. The van der Waals surface area contributed by atoms with Crippen molar-refractivity contribution in [3.63, 3.8) is 0 Å². The summed E-state index contributed by atoms with van der Waals surface area (Å²) in [7, 11) is 0. The molecular weight excluding hydrogens is 268 g/mol. The van der Waals surface area contributed by atoms with E-state index in [9.17, 15) is 0 Å². The Bertz CT molecular complexity index is 720. The van der Waals surface area contributed by atoms with Gasteiger partial charge >= 0.3 is 0 Å². The van der Waals surface area contributed by atoms with Crippen LogP contribution in [0.2, 0.25) is 0 Å². The Morgan fingerprint density at radius 3 is 2.23 bits per heavy atom. The SMILES string of the molecule is C/C=C\C(=C/C)c1ccc(-c2cccc(/C(N)=C/N)c2)cc1. The maximum Gasteiger partial charge on any atom is 0.0545 e. The fourth-order valence-electron chi connectivity index (χ4n) is 2.37. The fourth-order valence-corrected chi connectivity index (χ4v) is 2.37. The van der Waals surface area contributed by atoms with Crippen LogP contribution in [0.15, 0.2) is 73.0 Å². The van der Waals surface area contributed by atoms with Crippen molar-refractivity contribution in [1.29, 1.82) is 0 Å². The molecule has 0 saturated carbocycles. The first-order valence-corrected chi connectivity index (χ1v) is 7.37. The van der Waals surface area contributed by atoms with Crippen molar-refractivity contribution < 1.29 is 0 Å². The molecule has 2 aromatic carbocycles. The molecule has 2 heteroatoms. The van der Waals surface area contributed by atoms with Crippen LogP contribution in [0, 0.1) is 0 Å². The summed E-state index contributed by atoms with van der Waals surface area (Å²) in [5.41, 5.74) is 17.6. The molecule has 0 aliphatic rings. The smallest absolute Gasteiger partial charge is 0.0545 e. The van der Waals surface area contributed by atoms with Crippen molar-refractivity contribution >= 4 is 11.3 Å². The molecule has 0 radical (unpaired) electrons. The summed E-state index contributed by atoms with van der Waals surface area (Å²) in [6.45, 7) is 4.08. The van der Waals surface area contributed by atoms with Gasteiger partial charge in [-0.1, -0.05) is 60.7 Å². The quantitative estimate of drug-likeness (QED) is 0.812. The number of nitrogens with two attached hydrogens (primary N) is 2. The predicted octanol–water partition coefficient (Wildman–Crippen LogP) is 4.55. The van der Waals surface area contributed by atoms with Crippen LogP contribution in [0.25, 0.3) is 22.4 Å². The molecule has 0 heterocycles. The van der Waals surface area contributed by atoms with E-state index in [0.29, 0.717) is 5.70 Å². The number of rotatable bonds is 4. The van der Waals surface area contributed by atoms with Crippen LogP contribution in [0.3, 0.4) is 0 Å². The van der Waals surface area contributed by atoms with Crippen LogP contribution < -0.4 is 11.5 Å². The lowest BCUT2D eigenvalue weighted by Gasteiger charge is -2.08. The average molecular weight is 290 g/mol. The molecular formula is C20H22N2. The molecule has 2 aromatic rings. The maximum absolute atomic E-state index is 5.88. The zero-order valence-electron chi connectivity index (χ0n) is 13.1. The molecule has 0 aliphatic carbocycles. The average Bonchev–Trinajstić information content (AvgIpc) is 2.59. The van der Waals surface area contributed by atoms with Gasteiger partial charge in [0, 0.05) is 6.20 Å². The first-order chi connectivity index (χ1) is 10.7. The second-order valence-corrected chi connectivity index (χ2v) is 5.02. The van der Waals surface area contributed by atoms with Gasteiger partial charge in [0.05, 0.1) is 5.70 Å². The third-order valence-corrected chi connectivity index (χ3v) is 3.58. The topological polar surface area (TPSA) is 52.0 Å². The summed E-state index contributed by atoms with van der Waals surface area (Å²) in [6.07, 6.45) is 7.71. The van der Waals surface area contributed by atoms with Gasteiger partial charge in [-0.3, -0.25) is 0 Å². The molecule has 0 amide bonds. The monoisotopic (exact) mass is 290 g/mol. The molecule has 0 aromatic heterocycles. The molecule has 0 saturated heterocycles.